The highest BCUT2D eigenvalue weighted by Crippen LogP contribution is 2.49. The second-order valence-electron chi connectivity index (χ2n) is 9.31. The fourth-order valence-electron chi connectivity index (χ4n) is 5.48. The van der Waals surface area contributed by atoms with Crippen molar-refractivity contribution in [1.29, 1.82) is 0 Å². The van der Waals surface area contributed by atoms with Gasteiger partial charge in [-0.05, 0) is 93.2 Å². The van der Waals surface area contributed by atoms with Crippen LogP contribution in [0.15, 0.2) is 47.4 Å². The Hall–Kier alpha value is -2.27. The molecule has 31 heavy (non-hydrogen) atoms. The summed E-state index contributed by atoms with van der Waals surface area (Å²) in [7, 11) is 0. The Morgan fingerprint density at radius 1 is 1.06 bits per heavy atom. The number of nitrogens with one attached hydrogen (secondary N) is 2. The van der Waals surface area contributed by atoms with Crippen molar-refractivity contribution < 1.29 is 9.59 Å². The molecule has 2 bridgehead atoms. The summed E-state index contributed by atoms with van der Waals surface area (Å²) in [4.78, 5) is 26.3. The van der Waals surface area contributed by atoms with E-state index in [-0.39, 0.29) is 17.9 Å². The van der Waals surface area contributed by atoms with Gasteiger partial charge in [-0.25, -0.2) is 0 Å². The highest BCUT2D eigenvalue weighted by Gasteiger charge is 2.42. The molecule has 2 saturated carbocycles. The number of hydrogen-bond acceptors (Lipinski definition) is 3. The van der Waals surface area contributed by atoms with Crippen LogP contribution in [0.2, 0.25) is 0 Å². The summed E-state index contributed by atoms with van der Waals surface area (Å²) in [6.45, 7) is 6.19. The highest BCUT2D eigenvalue weighted by molar-refractivity contribution is 8.00. The first kappa shape index (κ1) is 21.9. The average molecular weight is 437 g/mol. The molecule has 0 heterocycles. The van der Waals surface area contributed by atoms with Gasteiger partial charge in [-0.1, -0.05) is 24.6 Å². The normalized spacial score (nSPS) is 22.9. The standard InChI is InChI=1S/C26H32N2O2S/c1-16-10-17(2)12-21(11-16)28-26(30)22-6-4-5-7-24(22)31-15-25(29)27-18(3)23-14-19-8-9-20(23)13-19/h4-7,10-12,18-20,23H,8-9,13-15H2,1-3H3,(H,27,29)(H,28,30). The average Bonchev–Trinajstić information content (AvgIpc) is 3.35. The number of fused-ring (bicyclic) bond motifs is 2. The Bertz CT molecular complexity index is 953. The summed E-state index contributed by atoms with van der Waals surface area (Å²) in [6, 6.07) is 13.7. The zero-order chi connectivity index (χ0) is 22.0. The molecule has 2 aliphatic rings. The molecule has 0 radical (unpaired) electrons. The number of carbonyl (C=O) groups excluding carboxylic acids is 2. The number of thioether (sulfide) groups is 1. The van der Waals surface area contributed by atoms with Crippen molar-refractivity contribution in [3.05, 3.63) is 59.2 Å². The molecule has 164 valence electrons. The van der Waals surface area contributed by atoms with Gasteiger partial charge in [0, 0.05) is 16.6 Å². The van der Waals surface area contributed by atoms with Crippen LogP contribution in [0.4, 0.5) is 5.69 Å². The molecule has 2 aromatic carbocycles. The van der Waals surface area contributed by atoms with Crippen molar-refractivity contribution in [2.75, 3.05) is 11.1 Å². The molecular weight excluding hydrogens is 404 g/mol. The predicted octanol–water partition coefficient (Wildman–Crippen LogP) is 5.59. The molecule has 2 amide bonds. The third-order valence-corrected chi connectivity index (χ3v) is 7.87. The molecule has 4 rings (SSSR count). The number of aryl methyl sites for hydroxylation is 2. The molecule has 5 heteroatoms. The minimum Gasteiger partial charge on any atom is -0.353 e. The van der Waals surface area contributed by atoms with Gasteiger partial charge in [0.25, 0.3) is 5.91 Å². The summed E-state index contributed by atoms with van der Waals surface area (Å²) < 4.78 is 0. The van der Waals surface area contributed by atoms with Crippen molar-refractivity contribution in [1.82, 2.24) is 5.32 Å². The van der Waals surface area contributed by atoms with Gasteiger partial charge in [0.15, 0.2) is 0 Å². The van der Waals surface area contributed by atoms with Gasteiger partial charge >= 0.3 is 0 Å². The van der Waals surface area contributed by atoms with E-state index in [0.717, 1.165) is 33.5 Å². The van der Waals surface area contributed by atoms with E-state index in [1.165, 1.54) is 37.4 Å². The second kappa shape index (κ2) is 9.47. The second-order valence-corrected chi connectivity index (χ2v) is 10.3. The van der Waals surface area contributed by atoms with Gasteiger partial charge in [-0.2, -0.15) is 0 Å². The van der Waals surface area contributed by atoms with Gasteiger partial charge in [0.1, 0.15) is 0 Å². The van der Waals surface area contributed by atoms with Crippen molar-refractivity contribution in [2.45, 2.75) is 57.4 Å². The van der Waals surface area contributed by atoms with E-state index in [2.05, 4.69) is 23.6 Å². The van der Waals surface area contributed by atoms with Crippen LogP contribution in [0.25, 0.3) is 0 Å². The van der Waals surface area contributed by atoms with Crippen molar-refractivity contribution >= 4 is 29.3 Å². The molecule has 4 nitrogen and oxygen atoms in total. The largest absolute Gasteiger partial charge is 0.353 e. The molecule has 0 aromatic heterocycles. The zero-order valence-electron chi connectivity index (χ0n) is 18.6. The Morgan fingerprint density at radius 2 is 1.81 bits per heavy atom. The minimum absolute atomic E-state index is 0.0461. The maximum absolute atomic E-state index is 12.9. The van der Waals surface area contributed by atoms with Crippen molar-refractivity contribution in [3.8, 4) is 0 Å². The van der Waals surface area contributed by atoms with Gasteiger partial charge in [0.05, 0.1) is 11.3 Å². The molecule has 0 saturated heterocycles. The molecule has 2 N–H and O–H groups in total. The van der Waals surface area contributed by atoms with Crippen LogP contribution in [-0.2, 0) is 4.79 Å². The number of hydrogen-bond donors (Lipinski definition) is 2. The van der Waals surface area contributed by atoms with Gasteiger partial charge in [-0.15, -0.1) is 11.8 Å². The van der Waals surface area contributed by atoms with Crippen LogP contribution in [0, 0.1) is 31.6 Å². The first-order valence-electron chi connectivity index (χ1n) is 11.3. The van der Waals surface area contributed by atoms with Gasteiger partial charge in [0.2, 0.25) is 5.91 Å². The van der Waals surface area contributed by atoms with E-state index < -0.39 is 0 Å². The summed E-state index contributed by atoms with van der Waals surface area (Å²) >= 11 is 1.43. The minimum atomic E-state index is -0.149. The first-order chi connectivity index (χ1) is 14.9. The van der Waals surface area contributed by atoms with Crippen LogP contribution in [0.3, 0.4) is 0 Å². The van der Waals surface area contributed by atoms with Gasteiger partial charge < -0.3 is 10.6 Å². The molecular formula is C26H32N2O2S. The lowest BCUT2D eigenvalue weighted by Crippen LogP contribution is -2.40. The number of amides is 2. The van der Waals surface area contributed by atoms with Crippen LogP contribution in [0.1, 0.15) is 54.1 Å². The monoisotopic (exact) mass is 436 g/mol. The topological polar surface area (TPSA) is 58.2 Å². The predicted molar refractivity (Wildman–Crippen MR) is 128 cm³/mol. The van der Waals surface area contributed by atoms with Gasteiger partial charge in [-0.3, -0.25) is 9.59 Å². The first-order valence-corrected chi connectivity index (χ1v) is 12.3. The third-order valence-electron chi connectivity index (χ3n) is 6.79. The van der Waals surface area contributed by atoms with Crippen LogP contribution in [-0.4, -0.2) is 23.6 Å². The summed E-state index contributed by atoms with van der Waals surface area (Å²) in [5.41, 5.74) is 3.61. The third kappa shape index (κ3) is 5.32. The Morgan fingerprint density at radius 3 is 2.48 bits per heavy atom. The molecule has 2 aliphatic carbocycles. The van der Waals surface area contributed by atoms with Crippen molar-refractivity contribution in [3.63, 3.8) is 0 Å². The number of benzene rings is 2. The number of carbonyl (C=O) groups is 2. The lowest BCUT2D eigenvalue weighted by Gasteiger charge is -2.28. The molecule has 0 spiro atoms. The van der Waals surface area contributed by atoms with E-state index in [9.17, 15) is 9.59 Å². The highest BCUT2D eigenvalue weighted by atomic mass is 32.2. The summed E-state index contributed by atoms with van der Waals surface area (Å²) in [5, 5.41) is 6.22. The maximum atomic E-state index is 12.9. The molecule has 4 atom stereocenters. The molecule has 2 fully saturated rings. The molecule has 0 aliphatic heterocycles. The molecule has 4 unspecified atom stereocenters. The van der Waals surface area contributed by atoms with Crippen molar-refractivity contribution in [2.24, 2.45) is 17.8 Å². The fraction of sp³-hybridized carbons (Fsp3) is 0.462. The molecule has 2 aromatic rings. The summed E-state index contributed by atoms with van der Waals surface area (Å²) in [6.07, 6.45) is 5.31. The smallest absolute Gasteiger partial charge is 0.256 e. The van der Waals surface area contributed by atoms with E-state index in [0.29, 0.717) is 17.2 Å². The fourth-order valence-corrected chi connectivity index (χ4v) is 6.34. The Kier molecular flexibility index (Phi) is 6.71. The van der Waals surface area contributed by atoms with E-state index in [4.69, 9.17) is 0 Å². The summed E-state index contributed by atoms with van der Waals surface area (Å²) in [5.74, 6) is 2.52. The van der Waals surface area contributed by atoms with Crippen LogP contribution >= 0.6 is 11.8 Å². The van der Waals surface area contributed by atoms with Crippen LogP contribution in [0.5, 0.6) is 0 Å². The van der Waals surface area contributed by atoms with E-state index >= 15 is 0 Å². The lowest BCUT2D eigenvalue weighted by atomic mass is 9.84. The number of rotatable bonds is 7. The SMILES string of the molecule is Cc1cc(C)cc(NC(=O)c2ccccc2SCC(=O)NC(C)C2CC3CCC2C3)c1. The van der Waals surface area contributed by atoms with E-state index in [1.54, 1.807) is 0 Å². The zero-order valence-corrected chi connectivity index (χ0v) is 19.4. The Balaban J connectivity index is 1.34. The van der Waals surface area contributed by atoms with E-state index in [1.807, 2.05) is 50.2 Å². The quantitative estimate of drug-likeness (QED) is 0.556. The Labute approximate surface area is 189 Å². The maximum Gasteiger partial charge on any atom is 0.256 e. The number of anilines is 1. The lowest BCUT2D eigenvalue weighted by molar-refractivity contribution is -0.119. The van der Waals surface area contributed by atoms with Crippen LogP contribution < -0.4 is 10.6 Å².